The van der Waals surface area contributed by atoms with Gasteiger partial charge in [-0.2, -0.15) is 0 Å². The van der Waals surface area contributed by atoms with Crippen LogP contribution in [0.2, 0.25) is 5.02 Å². The van der Waals surface area contributed by atoms with E-state index in [-0.39, 0.29) is 12.3 Å². The molecule has 1 amide bonds. The molecule has 0 spiro atoms. The number of fused-ring (bicyclic) bond motifs is 2. The number of rotatable bonds is 3. The lowest BCUT2D eigenvalue weighted by atomic mass is 10.0. The van der Waals surface area contributed by atoms with Gasteiger partial charge in [0.1, 0.15) is 17.0 Å². The third-order valence-corrected chi connectivity index (χ3v) is 4.73. The van der Waals surface area contributed by atoms with Crippen molar-refractivity contribution in [2.45, 2.75) is 20.3 Å². The smallest absolute Gasteiger partial charge is 0.340 e. The molecule has 0 aliphatic rings. The minimum Gasteiger partial charge on any atom is -0.464 e. The molecule has 7 heteroatoms. The van der Waals surface area contributed by atoms with Crippen molar-refractivity contribution in [3.63, 3.8) is 0 Å². The van der Waals surface area contributed by atoms with Crippen LogP contribution in [0.1, 0.15) is 16.7 Å². The normalized spacial score (nSPS) is 11.2. The van der Waals surface area contributed by atoms with Gasteiger partial charge in [-0.25, -0.2) is 9.78 Å². The molecule has 0 saturated heterocycles. The van der Waals surface area contributed by atoms with Gasteiger partial charge in [0.05, 0.1) is 23.3 Å². The zero-order valence-electron chi connectivity index (χ0n) is 14.6. The van der Waals surface area contributed by atoms with Crippen LogP contribution in [0.5, 0.6) is 0 Å². The fraction of sp³-hybridized carbons (Fsp3) is 0.150. The van der Waals surface area contributed by atoms with Crippen molar-refractivity contribution in [2.24, 2.45) is 0 Å². The molecule has 1 aromatic carbocycles. The van der Waals surface area contributed by atoms with Crippen molar-refractivity contribution >= 4 is 45.3 Å². The Morgan fingerprint density at radius 2 is 2.00 bits per heavy atom. The first-order chi connectivity index (χ1) is 12.9. The molecule has 0 atom stereocenters. The average molecular weight is 383 g/mol. The molecule has 1 N–H and O–H groups in total. The van der Waals surface area contributed by atoms with Gasteiger partial charge >= 0.3 is 5.63 Å². The molecule has 136 valence electrons. The highest BCUT2D eigenvalue weighted by Crippen LogP contribution is 2.28. The number of furan rings is 1. The van der Waals surface area contributed by atoms with Gasteiger partial charge in [0.2, 0.25) is 5.91 Å². The minimum absolute atomic E-state index is 0.114. The van der Waals surface area contributed by atoms with Gasteiger partial charge in [0.25, 0.3) is 0 Å². The summed E-state index contributed by atoms with van der Waals surface area (Å²) in [6, 6.07) is 6.84. The summed E-state index contributed by atoms with van der Waals surface area (Å²) in [5, 5.41) is 4.84. The molecule has 0 fully saturated rings. The molecule has 4 aromatic rings. The molecule has 4 rings (SSSR count). The highest BCUT2D eigenvalue weighted by molar-refractivity contribution is 6.30. The van der Waals surface area contributed by atoms with Crippen molar-refractivity contribution in [2.75, 3.05) is 5.32 Å². The van der Waals surface area contributed by atoms with E-state index in [0.717, 1.165) is 16.3 Å². The number of amides is 1. The van der Waals surface area contributed by atoms with Crippen LogP contribution in [-0.2, 0) is 11.2 Å². The zero-order chi connectivity index (χ0) is 19.1. The van der Waals surface area contributed by atoms with E-state index in [0.29, 0.717) is 33.1 Å². The number of pyridine rings is 1. The van der Waals surface area contributed by atoms with Crippen LogP contribution in [0.3, 0.4) is 0 Å². The summed E-state index contributed by atoms with van der Waals surface area (Å²) in [5.41, 5.74) is 2.56. The van der Waals surface area contributed by atoms with Gasteiger partial charge in [0, 0.05) is 23.0 Å². The number of nitrogens with zero attached hydrogens (tertiary/aromatic N) is 1. The maximum absolute atomic E-state index is 12.4. The van der Waals surface area contributed by atoms with Crippen molar-refractivity contribution in [1.29, 1.82) is 0 Å². The van der Waals surface area contributed by atoms with Crippen molar-refractivity contribution in [3.05, 3.63) is 68.9 Å². The Hall–Kier alpha value is -3.12. The molecule has 3 aromatic heterocycles. The van der Waals surface area contributed by atoms with Crippen LogP contribution in [-0.4, -0.2) is 10.9 Å². The summed E-state index contributed by atoms with van der Waals surface area (Å²) in [6.45, 7) is 3.75. The summed E-state index contributed by atoms with van der Waals surface area (Å²) in [6.07, 6.45) is 2.98. The van der Waals surface area contributed by atoms with Crippen LogP contribution in [0.15, 0.2) is 50.4 Å². The topological polar surface area (TPSA) is 85.3 Å². The van der Waals surface area contributed by atoms with E-state index in [4.69, 9.17) is 20.4 Å². The fourth-order valence-electron chi connectivity index (χ4n) is 3.04. The number of anilines is 1. The monoisotopic (exact) mass is 382 g/mol. The van der Waals surface area contributed by atoms with E-state index in [1.807, 2.05) is 19.9 Å². The lowest BCUT2D eigenvalue weighted by molar-refractivity contribution is -0.115. The summed E-state index contributed by atoms with van der Waals surface area (Å²) in [4.78, 5) is 28.8. The standard InChI is InChI=1S/C20H15ClN2O4/c1-10-9-26-16-7-17-14(5-13(10)16)11(2)15(20(25)27-17)6-19(24)23-18-4-3-12(21)8-22-18/h3-5,7-9H,6H2,1-2H3,(H,22,23,24). The van der Waals surface area contributed by atoms with E-state index in [9.17, 15) is 9.59 Å². The molecular weight excluding hydrogens is 368 g/mol. The molecule has 27 heavy (non-hydrogen) atoms. The van der Waals surface area contributed by atoms with Crippen molar-refractivity contribution in [1.82, 2.24) is 4.98 Å². The van der Waals surface area contributed by atoms with Crippen LogP contribution in [0.4, 0.5) is 5.82 Å². The van der Waals surface area contributed by atoms with E-state index in [1.54, 1.807) is 24.5 Å². The maximum Gasteiger partial charge on any atom is 0.340 e. The Kier molecular flexibility index (Phi) is 4.20. The highest BCUT2D eigenvalue weighted by atomic mass is 35.5. The second-order valence-corrected chi connectivity index (χ2v) is 6.78. The number of benzene rings is 1. The van der Waals surface area contributed by atoms with E-state index in [1.165, 1.54) is 6.20 Å². The minimum atomic E-state index is -0.540. The average Bonchev–Trinajstić information content (AvgIpc) is 2.99. The first-order valence-corrected chi connectivity index (χ1v) is 8.65. The number of aryl methyl sites for hydroxylation is 2. The fourth-order valence-corrected chi connectivity index (χ4v) is 3.15. The summed E-state index contributed by atoms with van der Waals surface area (Å²) in [5.74, 6) is 0.00287. The third-order valence-electron chi connectivity index (χ3n) is 4.51. The molecule has 0 radical (unpaired) electrons. The SMILES string of the molecule is Cc1coc2cc3oc(=O)c(CC(=O)Nc4ccc(Cl)cn4)c(C)c3cc12. The van der Waals surface area contributed by atoms with E-state index in [2.05, 4.69) is 10.3 Å². The third kappa shape index (κ3) is 3.19. The summed E-state index contributed by atoms with van der Waals surface area (Å²) >= 11 is 5.78. The quantitative estimate of drug-likeness (QED) is 0.531. The highest BCUT2D eigenvalue weighted by Gasteiger charge is 2.17. The number of halogens is 1. The second-order valence-electron chi connectivity index (χ2n) is 6.34. The summed E-state index contributed by atoms with van der Waals surface area (Å²) < 4.78 is 10.9. The van der Waals surface area contributed by atoms with Gasteiger partial charge in [-0.15, -0.1) is 0 Å². The molecule has 3 heterocycles. The molecule has 0 aliphatic heterocycles. The Labute approximate surface area is 158 Å². The number of hydrogen-bond acceptors (Lipinski definition) is 5. The van der Waals surface area contributed by atoms with Crippen LogP contribution < -0.4 is 10.9 Å². The predicted octanol–water partition coefficient (Wildman–Crippen LogP) is 4.39. The number of aromatic nitrogens is 1. The molecule has 0 aliphatic carbocycles. The largest absolute Gasteiger partial charge is 0.464 e. The van der Waals surface area contributed by atoms with Gasteiger partial charge < -0.3 is 14.2 Å². The van der Waals surface area contributed by atoms with Crippen LogP contribution in [0, 0.1) is 13.8 Å². The number of nitrogens with one attached hydrogen (secondary N) is 1. The first-order valence-electron chi connectivity index (χ1n) is 8.28. The lowest BCUT2D eigenvalue weighted by Crippen LogP contribution is -2.21. The molecule has 0 unspecified atom stereocenters. The number of carbonyl (C=O) groups is 1. The van der Waals surface area contributed by atoms with E-state index < -0.39 is 5.63 Å². The van der Waals surface area contributed by atoms with Gasteiger partial charge in [-0.05, 0) is 43.2 Å². The lowest BCUT2D eigenvalue weighted by Gasteiger charge is -2.08. The maximum atomic E-state index is 12.4. The second kappa shape index (κ2) is 6.55. The molecule has 0 saturated carbocycles. The van der Waals surface area contributed by atoms with Gasteiger partial charge in [-0.3, -0.25) is 4.79 Å². The summed E-state index contributed by atoms with van der Waals surface area (Å²) in [7, 11) is 0. The first kappa shape index (κ1) is 17.3. The Balaban J connectivity index is 1.71. The van der Waals surface area contributed by atoms with Crippen LogP contribution in [0.25, 0.3) is 21.9 Å². The van der Waals surface area contributed by atoms with Gasteiger partial charge in [0.15, 0.2) is 0 Å². The van der Waals surface area contributed by atoms with E-state index >= 15 is 0 Å². The molecular formula is C20H15ClN2O4. The van der Waals surface area contributed by atoms with Crippen molar-refractivity contribution in [3.8, 4) is 0 Å². The van der Waals surface area contributed by atoms with Crippen LogP contribution >= 0.6 is 11.6 Å². The zero-order valence-corrected chi connectivity index (χ0v) is 15.4. The Morgan fingerprint density at radius 1 is 1.19 bits per heavy atom. The molecule has 0 bridgehead atoms. The van der Waals surface area contributed by atoms with Gasteiger partial charge in [-0.1, -0.05) is 11.6 Å². The Morgan fingerprint density at radius 3 is 2.74 bits per heavy atom. The molecule has 6 nitrogen and oxygen atoms in total. The number of carbonyl (C=O) groups excluding carboxylic acids is 1. The Bertz CT molecular complexity index is 1240. The van der Waals surface area contributed by atoms with Crippen molar-refractivity contribution < 1.29 is 13.6 Å². The predicted molar refractivity (Wildman–Crippen MR) is 103 cm³/mol. The number of hydrogen-bond donors (Lipinski definition) is 1.